The van der Waals surface area contributed by atoms with Crippen LogP contribution in [0, 0.1) is 11.3 Å². The van der Waals surface area contributed by atoms with E-state index in [1.165, 1.54) is 51.5 Å². The molecule has 0 spiro atoms. The van der Waals surface area contributed by atoms with Gasteiger partial charge in [0.2, 0.25) is 0 Å². The lowest BCUT2D eigenvalue weighted by Gasteiger charge is -2.44. The number of likely N-dealkylation sites (tertiary alicyclic amines) is 1. The first-order valence-electron chi connectivity index (χ1n) is 7.99. The molecule has 2 nitrogen and oxygen atoms in total. The average Bonchev–Trinajstić information content (AvgIpc) is 2.50. The summed E-state index contributed by atoms with van der Waals surface area (Å²) in [7, 11) is 0. The van der Waals surface area contributed by atoms with Gasteiger partial charge in [-0.3, -0.25) is 4.90 Å². The topological polar surface area (TPSA) is 29.3 Å². The van der Waals surface area contributed by atoms with Gasteiger partial charge < -0.3 is 5.73 Å². The number of nitrogens with two attached hydrogens (primary N) is 1. The molecule has 2 N–H and O–H groups in total. The molecule has 2 fully saturated rings. The molecule has 0 aromatic rings. The Hall–Kier alpha value is -0.0800. The Morgan fingerprint density at radius 3 is 2.61 bits per heavy atom. The molecule has 0 aromatic carbocycles. The van der Waals surface area contributed by atoms with Gasteiger partial charge in [0.05, 0.1) is 0 Å². The van der Waals surface area contributed by atoms with Crippen molar-refractivity contribution in [3.05, 3.63) is 0 Å². The van der Waals surface area contributed by atoms with Crippen molar-refractivity contribution < 1.29 is 0 Å². The van der Waals surface area contributed by atoms with Crippen LogP contribution in [0.4, 0.5) is 0 Å². The minimum Gasteiger partial charge on any atom is -0.329 e. The summed E-state index contributed by atoms with van der Waals surface area (Å²) in [5.74, 6) is 0.792. The Bertz CT molecular complexity index is 262. The van der Waals surface area contributed by atoms with Crippen molar-refractivity contribution in [2.24, 2.45) is 17.1 Å². The summed E-state index contributed by atoms with van der Waals surface area (Å²) in [6.07, 6.45) is 9.72. The number of nitrogens with zero attached hydrogens (tertiary/aromatic N) is 1. The van der Waals surface area contributed by atoms with E-state index in [1.807, 2.05) is 0 Å². The SMILES string of the molecule is CC1CCCN(C2CCCC(C)(C)CC2)C1CN. The molecule has 1 saturated carbocycles. The van der Waals surface area contributed by atoms with Gasteiger partial charge in [-0.1, -0.05) is 27.2 Å². The molecular formula is C16H32N2. The fraction of sp³-hybridized carbons (Fsp3) is 1.00. The third kappa shape index (κ3) is 3.27. The molecule has 1 saturated heterocycles. The Labute approximate surface area is 113 Å². The van der Waals surface area contributed by atoms with E-state index in [1.54, 1.807) is 0 Å². The predicted molar refractivity (Wildman–Crippen MR) is 78.6 cm³/mol. The van der Waals surface area contributed by atoms with Gasteiger partial charge in [0, 0.05) is 18.6 Å². The molecule has 2 heteroatoms. The molecule has 0 radical (unpaired) electrons. The highest BCUT2D eigenvalue weighted by atomic mass is 15.2. The van der Waals surface area contributed by atoms with Gasteiger partial charge in [0.15, 0.2) is 0 Å². The zero-order chi connectivity index (χ0) is 13.2. The van der Waals surface area contributed by atoms with Gasteiger partial charge in [-0.25, -0.2) is 0 Å². The molecule has 0 bridgehead atoms. The van der Waals surface area contributed by atoms with E-state index in [9.17, 15) is 0 Å². The summed E-state index contributed by atoms with van der Waals surface area (Å²) in [5, 5.41) is 0. The van der Waals surface area contributed by atoms with E-state index in [2.05, 4.69) is 25.7 Å². The lowest BCUT2D eigenvalue weighted by molar-refractivity contribution is 0.0539. The number of rotatable bonds is 2. The fourth-order valence-electron chi connectivity index (χ4n) is 4.08. The second-order valence-corrected chi connectivity index (χ2v) is 7.41. The van der Waals surface area contributed by atoms with Gasteiger partial charge in [-0.05, 0) is 56.4 Å². The quantitative estimate of drug-likeness (QED) is 0.763. The van der Waals surface area contributed by atoms with Crippen LogP contribution in [0.25, 0.3) is 0 Å². The normalized spacial score (nSPS) is 38.3. The highest BCUT2D eigenvalue weighted by molar-refractivity contribution is 4.89. The Balaban J connectivity index is 2.00. The van der Waals surface area contributed by atoms with Gasteiger partial charge in [-0.2, -0.15) is 0 Å². The van der Waals surface area contributed by atoms with Crippen LogP contribution >= 0.6 is 0 Å². The molecular weight excluding hydrogens is 220 g/mol. The maximum Gasteiger partial charge on any atom is 0.0246 e. The number of hydrogen-bond donors (Lipinski definition) is 1. The van der Waals surface area contributed by atoms with Crippen LogP contribution in [0.15, 0.2) is 0 Å². The molecule has 1 heterocycles. The molecule has 0 aromatic heterocycles. The van der Waals surface area contributed by atoms with Crippen LogP contribution in [-0.2, 0) is 0 Å². The molecule has 3 unspecified atom stereocenters. The molecule has 18 heavy (non-hydrogen) atoms. The van der Waals surface area contributed by atoms with Gasteiger partial charge in [-0.15, -0.1) is 0 Å². The Morgan fingerprint density at radius 2 is 1.89 bits per heavy atom. The standard InChI is InChI=1S/C16H32N2/c1-13-6-5-11-18(15(13)12-17)14-7-4-9-16(2,3)10-8-14/h13-15H,4-12,17H2,1-3H3. The van der Waals surface area contributed by atoms with Crippen LogP contribution in [0.5, 0.6) is 0 Å². The first kappa shape index (κ1) is 14.3. The number of hydrogen-bond acceptors (Lipinski definition) is 2. The molecule has 1 aliphatic heterocycles. The summed E-state index contributed by atoms with van der Waals surface area (Å²) in [6, 6.07) is 1.45. The first-order chi connectivity index (χ1) is 8.53. The third-order valence-electron chi connectivity index (χ3n) is 5.41. The van der Waals surface area contributed by atoms with E-state index in [0.717, 1.165) is 18.5 Å². The van der Waals surface area contributed by atoms with Crippen molar-refractivity contribution in [3.8, 4) is 0 Å². The first-order valence-corrected chi connectivity index (χ1v) is 7.99. The summed E-state index contributed by atoms with van der Waals surface area (Å²) in [6.45, 7) is 9.41. The van der Waals surface area contributed by atoms with Gasteiger partial charge in [0.1, 0.15) is 0 Å². The van der Waals surface area contributed by atoms with Crippen LogP contribution in [0.2, 0.25) is 0 Å². The van der Waals surface area contributed by atoms with Crippen LogP contribution < -0.4 is 5.73 Å². The van der Waals surface area contributed by atoms with E-state index >= 15 is 0 Å². The molecule has 3 atom stereocenters. The van der Waals surface area contributed by atoms with Crippen molar-refractivity contribution in [2.75, 3.05) is 13.1 Å². The monoisotopic (exact) mass is 252 g/mol. The van der Waals surface area contributed by atoms with Crippen LogP contribution in [0.3, 0.4) is 0 Å². The lowest BCUT2D eigenvalue weighted by atomic mass is 9.84. The summed E-state index contributed by atoms with van der Waals surface area (Å²) < 4.78 is 0. The number of piperidine rings is 1. The zero-order valence-corrected chi connectivity index (χ0v) is 12.6. The van der Waals surface area contributed by atoms with Gasteiger partial charge >= 0.3 is 0 Å². The van der Waals surface area contributed by atoms with Crippen LogP contribution in [0.1, 0.15) is 65.7 Å². The van der Waals surface area contributed by atoms with Crippen molar-refractivity contribution in [1.29, 1.82) is 0 Å². The smallest absolute Gasteiger partial charge is 0.0246 e. The summed E-state index contributed by atoms with van der Waals surface area (Å²) >= 11 is 0. The zero-order valence-electron chi connectivity index (χ0n) is 12.6. The Kier molecular flexibility index (Phi) is 4.71. The van der Waals surface area contributed by atoms with Crippen molar-refractivity contribution >= 4 is 0 Å². The molecule has 106 valence electrons. The fourth-order valence-corrected chi connectivity index (χ4v) is 4.08. The maximum absolute atomic E-state index is 6.04. The average molecular weight is 252 g/mol. The third-order valence-corrected chi connectivity index (χ3v) is 5.41. The maximum atomic E-state index is 6.04. The molecule has 0 amide bonds. The van der Waals surface area contributed by atoms with Crippen LogP contribution in [-0.4, -0.2) is 30.1 Å². The van der Waals surface area contributed by atoms with E-state index < -0.39 is 0 Å². The highest BCUT2D eigenvalue weighted by Gasteiger charge is 2.34. The van der Waals surface area contributed by atoms with Crippen molar-refractivity contribution in [3.63, 3.8) is 0 Å². The van der Waals surface area contributed by atoms with Crippen molar-refractivity contribution in [1.82, 2.24) is 4.90 Å². The molecule has 2 rings (SSSR count). The van der Waals surface area contributed by atoms with Gasteiger partial charge in [0.25, 0.3) is 0 Å². The molecule has 2 aliphatic rings. The largest absolute Gasteiger partial charge is 0.329 e. The van der Waals surface area contributed by atoms with E-state index in [0.29, 0.717) is 11.5 Å². The lowest BCUT2D eigenvalue weighted by Crippen LogP contribution is -2.53. The van der Waals surface area contributed by atoms with E-state index in [4.69, 9.17) is 5.73 Å². The molecule has 1 aliphatic carbocycles. The minimum absolute atomic E-state index is 0.564. The minimum atomic E-state index is 0.564. The second-order valence-electron chi connectivity index (χ2n) is 7.41. The summed E-state index contributed by atoms with van der Waals surface area (Å²) in [4.78, 5) is 2.77. The summed E-state index contributed by atoms with van der Waals surface area (Å²) in [5.41, 5.74) is 6.61. The van der Waals surface area contributed by atoms with E-state index in [-0.39, 0.29) is 0 Å². The van der Waals surface area contributed by atoms with Crippen molar-refractivity contribution in [2.45, 2.75) is 77.8 Å². The Morgan fingerprint density at radius 1 is 1.11 bits per heavy atom. The highest BCUT2D eigenvalue weighted by Crippen LogP contribution is 2.37. The predicted octanol–water partition coefficient (Wildman–Crippen LogP) is 3.40. The second kappa shape index (κ2) is 5.92.